The highest BCUT2D eigenvalue weighted by Gasteiger charge is 2.16. The number of benzene rings is 11. The first-order valence-corrected chi connectivity index (χ1v) is 43.1. The summed E-state index contributed by atoms with van der Waals surface area (Å²) < 4.78 is 0. The predicted octanol–water partition coefficient (Wildman–Crippen LogP) is 11.9. The molecule has 0 aliphatic carbocycles. The first kappa shape index (κ1) is 94.6. The van der Waals surface area contributed by atoms with Crippen LogP contribution in [-0.2, 0) is 67.3 Å². The highest BCUT2D eigenvalue weighted by Crippen LogP contribution is 2.24. The number of aromatic amines is 6. The molecule has 6 amide bonds. The number of hydrogen-bond acceptors (Lipinski definition) is 20. The number of hydrogen-bond donors (Lipinski definition) is 18. The molecule has 8 heterocycles. The van der Waals surface area contributed by atoms with E-state index in [0.29, 0.717) is 61.4 Å². The maximum Gasteiger partial charge on any atom is 0.231 e. The summed E-state index contributed by atoms with van der Waals surface area (Å²) in [5, 5.41) is 17.5. The van der Waals surface area contributed by atoms with Gasteiger partial charge in [0.25, 0.3) is 0 Å². The number of carbonyl (C=O) groups is 6. The van der Waals surface area contributed by atoms with E-state index in [2.05, 4.69) is 132 Å². The van der Waals surface area contributed by atoms with Gasteiger partial charge in [-0.2, -0.15) is 30.0 Å². The maximum atomic E-state index is 12.3. The summed E-state index contributed by atoms with van der Waals surface area (Å²) in [5.41, 5.74) is 50.2. The third-order valence-electron chi connectivity index (χ3n) is 19.8. The number of rotatable bonds is 20. The van der Waals surface area contributed by atoms with Crippen LogP contribution in [0.25, 0.3) is 77.0 Å². The molecule has 138 heavy (non-hydrogen) atoms. The van der Waals surface area contributed by atoms with Crippen LogP contribution >= 0.6 is 0 Å². The fraction of sp³-hybridized carbons (Fsp3) is 0.0800. The Morgan fingerprint density at radius 3 is 0.819 bits per heavy atom. The molecule has 0 aliphatic heterocycles. The van der Waals surface area contributed by atoms with Crippen molar-refractivity contribution in [1.82, 2.24) is 102 Å². The Morgan fingerprint density at radius 1 is 0.239 bits per heavy atom. The summed E-state index contributed by atoms with van der Waals surface area (Å²) in [5.74, 6) is 0.944. The molecule has 0 bridgehead atoms. The van der Waals surface area contributed by atoms with Gasteiger partial charge < -0.3 is 64.3 Å². The minimum absolute atomic E-state index is 0.00175. The summed E-state index contributed by atoms with van der Waals surface area (Å²) in [4.78, 5) is 148. The second-order valence-corrected chi connectivity index (χ2v) is 30.3. The molecule has 0 saturated heterocycles. The molecule has 38 heteroatoms. The van der Waals surface area contributed by atoms with Gasteiger partial charge in [0.05, 0.1) is 91.9 Å². The van der Waals surface area contributed by atoms with Crippen molar-refractivity contribution in [1.29, 1.82) is 0 Å². The van der Waals surface area contributed by atoms with E-state index in [4.69, 9.17) is 34.4 Å². The zero-order valence-electron chi connectivity index (χ0n) is 74.0. The van der Waals surface area contributed by atoms with Gasteiger partial charge in [-0.3, -0.25) is 70.6 Å². The molecule has 38 nitrogen and oxygen atoms in total. The Balaban J connectivity index is 0.000000132. The van der Waals surface area contributed by atoms with Gasteiger partial charge in [-0.05, 0) is 148 Å². The third-order valence-corrected chi connectivity index (χ3v) is 19.8. The summed E-state index contributed by atoms with van der Waals surface area (Å²) in [6, 6.07) is 95.2. The molecule has 0 radical (unpaired) electrons. The largest absolute Gasteiger partial charge is 0.369 e. The summed E-state index contributed by atoms with van der Waals surface area (Å²) in [6.07, 6.45) is 9.53. The van der Waals surface area contributed by atoms with Crippen molar-refractivity contribution in [2.24, 2.45) is 64.4 Å². The van der Waals surface area contributed by atoms with Gasteiger partial charge in [0, 0.05) is 37.6 Å². The molecular weight excluding hydrogens is 1750 g/mol. The average molecular weight is 1840 g/mol. The molecule has 24 N–H and O–H groups in total. The van der Waals surface area contributed by atoms with E-state index in [9.17, 15) is 28.8 Å². The molecular formula is C100H94N32O6. The number of aliphatic imine (C=N–C) groups is 6. The van der Waals surface area contributed by atoms with E-state index in [1.165, 1.54) is 0 Å². The summed E-state index contributed by atoms with van der Waals surface area (Å²) >= 11 is 0. The average Bonchev–Trinajstić information content (AvgIpc) is 1.71. The zero-order valence-corrected chi connectivity index (χ0v) is 74.0. The number of nitrogens with one attached hydrogen (secondary N) is 12. The molecule has 0 saturated carbocycles. The van der Waals surface area contributed by atoms with E-state index in [-0.39, 0.29) is 96.9 Å². The number of fused-ring (bicyclic) bond motifs is 7. The van der Waals surface area contributed by atoms with Crippen molar-refractivity contribution in [2.45, 2.75) is 51.4 Å². The summed E-state index contributed by atoms with van der Waals surface area (Å²) in [6.45, 7) is 0. The maximum absolute atomic E-state index is 12.3. The Bertz CT molecular complexity index is 6900. The molecule has 0 unspecified atom stereocenters. The fourth-order valence-electron chi connectivity index (χ4n) is 13.5. The highest BCUT2D eigenvalue weighted by molar-refractivity contribution is 6.03. The normalized spacial score (nSPS) is 11.6. The molecule has 0 aliphatic rings. The van der Waals surface area contributed by atoms with E-state index >= 15 is 0 Å². The number of aryl methyl sites for hydroxylation is 2. The Labute approximate surface area is 787 Å². The van der Waals surface area contributed by atoms with Crippen LogP contribution in [0.15, 0.2) is 358 Å². The van der Waals surface area contributed by atoms with Crippen LogP contribution in [0.3, 0.4) is 0 Å². The number of para-hydroxylation sites is 12. The number of aromatic nitrogens is 14. The molecule has 11 aromatic carbocycles. The molecule has 0 atom stereocenters. The minimum Gasteiger partial charge on any atom is -0.369 e. The molecule has 0 fully saturated rings. The van der Waals surface area contributed by atoms with Crippen LogP contribution in [0.2, 0.25) is 0 Å². The van der Waals surface area contributed by atoms with Gasteiger partial charge in [0.2, 0.25) is 107 Å². The van der Waals surface area contributed by atoms with Crippen molar-refractivity contribution in [2.75, 3.05) is 0 Å². The molecule has 8 aromatic heterocycles. The third kappa shape index (κ3) is 29.5. The topological polar surface area (TPSA) is 603 Å². The molecule has 690 valence electrons. The van der Waals surface area contributed by atoms with Crippen LogP contribution in [-0.4, -0.2) is 141 Å². The lowest BCUT2D eigenvalue weighted by Gasteiger charge is -2.07. The number of pyridine rings is 2. The van der Waals surface area contributed by atoms with Crippen LogP contribution in [0.1, 0.15) is 46.2 Å². The van der Waals surface area contributed by atoms with Gasteiger partial charge >= 0.3 is 0 Å². The van der Waals surface area contributed by atoms with Crippen molar-refractivity contribution in [3.05, 3.63) is 361 Å². The first-order valence-electron chi connectivity index (χ1n) is 43.1. The van der Waals surface area contributed by atoms with Crippen LogP contribution in [0.4, 0.5) is 35.7 Å². The van der Waals surface area contributed by atoms with Crippen LogP contribution in [0.5, 0.6) is 0 Å². The lowest BCUT2D eigenvalue weighted by atomic mass is 10.0. The van der Waals surface area contributed by atoms with E-state index < -0.39 is 0 Å². The van der Waals surface area contributed by atoms with Gasteiger partial charge in [-0.1, -0.05) is 212 Å². The number of guanidine groups is 6. The van der Waals surface area contributed by atoms with Gasteiger partial charge in [0.1, 0.15) is 0 Å². The van der Waals surface area contributed by atoms with Crippen molar-refractivity contribution in [3.63, 3.8) is 0 Å². The van der Waals surface area contributed by atoms with Gasteiger partial charge in [-0.25, -0.2) is 29.9 Å². The SMILES string of the molecule is NC(=Nc1nc2ccccc2[nH]1)NC(=O)CCc1ccccc1.NC(=Nc1nc2ccccc2[nH]1)NC(=O)CCc1cccnc1.NC(=Nc1nc2ccccc2[nH]1)NC(=O)Cc1cccc2ccccc12.NC(=Nc1nc2ccccc2[nH]1)NC(=O)Cc1ccccc1.NC(=Nc1nc2ccccc2[nH]1)NC(=O)Cc1ccccc1.NC(=Nc1nc2ccccc2[nH]1)NC(=O)Cc1ccncc1. The fourth-order valence-corrected chi connectivity index (χ4v) is 13.5. The molecule has 19 aromatic rings. The molecule has 19 rings (SSSR count). The second-order valence-electron chi connectivity index (χ2n) is 30.3. The smallest absolute Gasteiger partial charge is 0.231 e. The Morgan fingerprint density at radius 2 is 0.500 bits per heavy atom. The van der Waals surface area contributed by atoms with Crippen molar-refractivity contribution < 1.29 is 28.8 Å². The number of nitrogens with two attached hydrogens (primary N) is 6. The standard InChI is InChI=1S/C20H17N5O.C17H17N5O.C16H16N6O.2C16H15N5O.C15H14N6O/c21-19(25-20-22-16-10-3-4-11-17(16)23-20)24-18(26)12-14-8-5-7-13-6-1-2-9-15(13)14;18-16(21-15(23)11-10-12-6-2-1-3-7-12)22-17-19-13-8-4-5-9-14(13)20-17;17-15(21-14(23)8-7-11-4-3-9-18-10-11)22-16-19-12-5-1-2-6-13(12)20-16;2*17-15(20-14(22)10-11-6-2-1-3-7-11)21-16-18-12-8-4-5-9-13(12)19-16;16-14(20-13(22)9-10-5-7-17-8-6-10)21-15-18-11-3-1-2-4-12(11)19-15/h1-11H,12H2,(H4,21,22,23,24,25,26);1-9H,10-11H2,(H4,18,19,20,21,22,23);1-6,9-10H,7-8H2,(H4,17,19,20,21,22,23);2*1-9H,10H2,(H4,17,18,19,20,21,22);1-8H,9H2,(H4,16,18,19,20,21,22). The molecule has 0 spiro atoms. The zero-order chi connectivity index (χ0) is 96.2. The van der Waals surface area contributed by atoms with Gasteiger partial charge in [-0.15, -0.1) is 0 Å². The summed E-state index contributed by atoms with van der Waals surface area (Å²) in [7, 11) is 0. The lowest BCUT2D eigenvalue weighted by Crippen LogP contribution is -2.37. The van der Waals surface area contributed by atoms with E-state index in [1.807, 2.05) is 291 Å². The number of H-pyrrole nitrogens is 6. The quantitative estimate of drug-likeness (QED) is 0.0249. The van der Waals surface area contributed by atoms with E-state index in [1.54, 1.807) is 36.9 Å². The number of carbonyl (C=O) groups excluding carboxylic acids is 6. The predicted molar refractivity (Wildman–Crippen MR) is 536 cm³/mol. The van der Waals surface area contributed by atoms with Crippen LogP contribution in [0, 0.1) is 0 Å². The number of nitrogens with zero attached hydrogens (tertiary/aromatic N) is 14. The Kier molecular flexibility index (Phi) is 32.8. The van der Waals surface area contributed by atoms with Crippen molar-refractivity contribution in [3.8, 4) is 0 Å². The first-order chi connectivity index (χ1) is 67.2. The van der Waals surface area contributed by atoms with Crippen LogP contribution < -0.4 is 66.3 Å². The lowest BCUT2D eigenvalue weighted by molar-refractivity contribution is -0.120. The van der Waals surface area contributed by atoms with Gasteiger partial charge in [0.15, 0.2) is 0 Å². The van der Waals surface area contributed by atoms with E-state index in [0.717, 1.165) is 110 Å². The monoisotopic (exact) mass is 1840 g/mol. The number of imidazole rings is 6. The number of amides is 6. The minimum atomic E-state index is -0.247. The second kappa shape index (κ2) is 47.8. The highest BCUT2D eigenvalue weighted by atomic mass is 16.2. The Hall–Kier alpha value is -19.6. The van der Waals surface area contributed by atoms with Crippen molar-refractivity contribution >= 4 is 184 Å².